The summed E-state index contributed by atoms with van der Waals surface area (Å²) in [5, 5.41) is 6.47. The van der Waals surface area contributed by atoms with Gasteiger partial charge in [0.15, 0.2) is 0 Å². The molecule has 130 valence electrons. The van der Waals surface area contributed by atoms with Crippen LogP contribution >= 0.6 is 0 Å². The van der Waals surface area contributed by atoms with E-state index in [9.17, 15) is 0 Å². The quantitative estimate of drug-likeness (QED) is 0.449. The van der Waals surface area contributed by atoms with Gasteiger partial charge in [-0.3, -0.25) is 0 Å². The maximum Gasteiger partial charge on any atom is 0.0503 e. The van der Waals surface area contributed by atoms with Gasteiger partial charge in [-0.2, -0.15) is 0 Å². The van der Waals surface area contributed by atoms with E-state index in [4.69, 9.17) is 0 Å². The maximum atomic E-state index is 3.89. The molecule has 0 unspecified atom stereocenters. The smallest absolute Gasteiger partial charge is 0.0503 e. The fraction of sp³-hybridized carbons (Fsp3) is 0.333. The number of hydrogen-bond donors (Lipinski definition) is 1. The molecule has 0 spiro atoms. The summed E-state index contributed by atoms with van der Waals surface area (Å²) in [6.07, 6.45) is 5.01. The molecule has 1 N–H and O–H groups in total. The third kappa shape index (κ3) is 4.22. The highest BCUT2D eigenvalue weighted by Gasteiger charge is 2.20. The standard InChI is InChI=1S/C24H29N/c1-4-5-11-18-24(2,3)25-23-21-15-10-9-14-20(21)16-17-22(23)19-12-7-6-8-13-19/h6-10,12-17,25H,4-5,11,18H2,1-3H3. The van der Waals surface area contributed by atoms with E-state index in [-0.39, 0.29) is 5.54 Å². The van der Waals surface area contributed by atoms with Gasteiger partial charge in [0.1, 0.15) is 0 Å². The number of anilines is 1. The lowest BCUT2D eigenvalue weighted by atomic mass is 9.93. The van der Waals surface area contributed by atoms with Crippen molar-refractivity contribution >= 4 is 16.5 Å². The van der Waals surface area contributed by atoms with Crippen LogP contribution in [-0.4, -0.2) is 5.54 Å². The van der Waals surface area contributed by atoms with E-state index in [1.165, 1.54) is 53.3 Å². The van der Waals surface area contributed by atoms with Gasteiger partial charge in [-0.05, 0) is 31.2 Å². The van der Waals surface area contributed by atoms with Crippen LogP contribution in [0, 0.1) is 0 Å². The van der Waals surface area contributed by atoms with Crippen LogP contribution in [0.4, 0.5) is 5.69 Å². The third-order valence-corrected chi connectivity index (χ3v) is 4.88. The molecule has 1 heteroatoms. The first-order valence-corrected chi connectivity index (χ1v) is 9.46. The second-order valence-corrected chi connectivity index (χ2v) is 7.54. The van der Waals surface area contributed by atoms with Crippen molar-refractivity contribution in [1.29, 1.82) is 0 Å². The van der Waals surface area contributed by atoms with Crippen LogP contribution in [0.15, 0.2) is 66.7 Å². The van der Waals surface area contributed by atoms with Gasteiger partial charge in [-0.25, -0.2) is 0 Å². The Hall–Kier alpha value is -2.28. The molecule has 0 aromatic heterocycles. The van der Waals surface area contributed by atoms with E-state index in [2.05, 4.69) is 92.8 Å². The highest BCUT2D eigenvalue weighted by atomic mass is 15.0. The average Bonchev–Trinajstić information content (AvgIpc) is 2.62. The van der Waals surface area contributed by atoms with E-state index >= 15 is 0 Å². The lowest BCUT2D eigenvalue weighted by Crippen LogP contribution is -2.31. The molecule has 0 saturated heterocycles. The molecule has 0 radical (unpaired) electrons. The molecule has 0 saturated carbocycles. The van der Waals surface area contributed by atoms with Gasteiger partial charge in [-0.15, -0.1) is 0 Å². The monoisotopic (exact) mass is 331 g/mol. The molecule has 3 rings (SSSR count). The molecule has 1 nitrogen and oxygen atoms in total. The van der Waals surface area contributed by atoms with Crippen molar-refractivity contribution in [3.8, 4) is 11.1 Å². The lowest BCUT2D eigenvalue weighted by molar-refractivity contribution is 0.484. The molecule has 0 aliphatic rings. The van der Waals surface area contributed by atoms with Crippen molar-refractivity contribution < 1.29 is 0 Å². The number of rotatable bonds is 7. The number of nitrogens with one attached hydrogen (secondary N) is 1. The van der Waals surface area contributed by atoms with Crippen molar-refractivity contribution in [1.82, 2.24) is 0 Å². The predicted molar refractivity (Wildman–Crippen MR) is 111 cm³/mol. The number of benzene rings is 3. The van der Waals surface area contributed by atoms with Gasteiger partial charge in [0.05, 0.1) is 5.69 Å². The molecule has 0 atom stereocenters. The Morgan fingerprint density at radius 3 is 2.28 bits per heavy atom. The second kappa shape index (κ2) is 7.74. The summed E-state index contributed by atoms with van der Waals surface area (Å²) >= 11 is 0. The average molecular weight is 332 g/mol. The molecular weight excluding hydrogens is 302 g/mol. The Bertz CT molecular complexity index is 818. The van der Waals surface area contributed by atoms with Crippen LogP contribution in [-0.2, 0) is 0 Å². The molecule has 0 amide bonds. The first-order valence-electron chi connectivity index (χ1n) is 9.46. The highest BCUT2D eigenvalue weighted by Crippen LogP contribution is 2.37. The summed E-state index contributed by atoms with van der Waals surface area (Å²) in [5.74, 6) is 0. The number of hydrogen-bond acceptors (Lipinski definition) is 1. The molecule has 0 aliphatic heterocycles. The number of fused-ring (bicyclic) bond motifs is 1. The minimum absolute atomic E-state index is 0.0722. The summed E-state index contributed by atoms with van der Waals surface area (Å²) in [7, 11) is 0. The summed E-state index contributed by atoms with van der Waals surface area (Å²) in [4.78, 5) is 0. The topological polar surface area (TPSA) is 12.0 Å². The zero-order chi connectivity index (χ0) is 17.7. The van der Waals surface area contributed by atoms with Crippen molar-refractivity contribution in [2.75, 3.05) is 5.32 Å². The van der Waals surface area contributed by atoms with E-state index in [0.717, 1.165) is 0 Å². The van der Waals surface area contributed by atoms with Crippen LogP contribution in [0.25, 0.3) is 21.9 Å². The predicted octanol–water partition coefficient (Wildman–Crippen LogP) is 7.28. The number of unbranched alkanes of at least 4 members (excludes halogenated alkanes) is 2. The largest absolute Gasteiger partial charge is 0.379 e. The maximum absolute atomic E-state index is 3.89. The summed E-state index contributed by atoms with van der Waals surface area (Å²) in [6.45, 7) is 6.90. The molecule has 25 heavy (non-hydrogen) atoms. The second-order valence-electron chi connectivity index (χ2n) is 7.54. The van der Waals surface area contributed by atoms with Crippen molar-refractivity contribution in [2.24, 2.45) is 0 Å². The van der Waals surface area contributed by atoms with E-state index in [0.29, 0.717) is 0 Å². The third-order valence-electron chi connectivity index (χ3n) is 4.88. The Labute approximate surface area is 152 Å². The van der Waals surface area contributed by atoms with Crippen LogP contribution in [0.3, 0.4) is 0 Å². The molecule has 0 aliphatic carbocycles. The fourth-order valence-corrected chi connectivity index (χ4v) is 3.48. The SMILES string of the molecule is CCCCCC(C)(C)Nc1c(-c2ccccc2)ccc2ccccc12. The van der Waals surface area contributed by atoms with Gasteiger partial charge >= 0.3 is 0 Å². The van der Waals surface area contributed by atoms with Gasteiger partial charge < -0.3 is 5.32 Å². The minimum atomic E-state index is 0.0722. The fourth-order valence-electron chi connectivity index (χ4n) is 3.48. The van der Waals surface area contributed by atoms with E-state index < -0.39 is 0 Å². The van der Waals surface area contributed by atoms with Crippen LogP contribution in [0.5, 0.6) is 0 Å². The van der Waals surface area contributed by atoms with Crippen molar-refractivity contribution in [2.45, 2.75) is 52.0 Å². The van der Waals surface area contributed by atoms with Gasteiger partial charge in [0, 0.05) is 16.5 Å². The van der Waals surface area contributed by atoms with E-state index in [1.807, 2.05) is 0 Å². The zero-order valence-corrected chi connectivity index (χ0v) is 15.7. The Morgan fingerprint density at radius 1 is 0.800 bits per heavy atom. The van der Waals surface area contributed by atoms with Crippen LogP contribution in [0.1, 0.15) is 46.5 Å². The molecule has 3 aromatic rings. The first-order chi connectivity index (χ1) is 12.1. The Morgan fingerprint density at radius 2 is 1.52 bits per heavy atom. The molecule has 3 aromatic carbocycles. The van der Waals surface area contributed by atoms with Gasteiger partial charge in [-0.1, -0.05) is 92.9 Å². The van der Waals surface area contributed by atoms with Crippen molar-refractivity contribution in [3.63, 3.8) is 0 Å². The molecule has 0 bridgehead atoms. The minimum Gasteiger partial charge on any atom is -0.379 e. The lowest BCUT2D eigenvalue weighted by Gasteiger charge is -2.30. The first kappa shape index (κ1) is 17.5. The molecular formula is C24H29N. The van der Waals surface area contributed by atoms with Crippen LogP contribution < -0.4 is 5.32 Å². The molecule has 0 heterocycles. The van der Waals surface area contributed by atoms with Gasteiger partial charge in [0.25, 0.3) is 0 Å². The summed E-state index contributed by atoms with van der Waals surface area (Å²) in [5.41, 5.74) is 3.87. The zero-order valence-electron chi connectivity index (χ0n) is 15.7. The summed E-state index contributed by atoms with van der Waals surface area (Å²) in [6, 6.07) is 23.8. The highest BCUT2D eigenvalue weighted by molar-refractivity contribution is 6.01. The Kier molecular flexibility index (Phi) is 5.43. The van der Waals surface area contributed by atoms with Crippen molar-refractivity contribution in [3.05, 3.63) is 66.7 Å². The molecule has 0 fully saturated rings. The van der Waals surface area contributed by atoms with E-state index in [1.54, 1.807) is 0 Å². The van der Waals surface area contributed by atoms with Gasteiger partial charge in [0.2, 0.25) is 0 Å². The van der Waals surface area contributed by atoms with Crippen LogP contribution in [0.2, 0.25) is 0 Å². The summed E-state index contributed by atoms with van der Waals surface area (Å²) < 4.78 is 0. The normalized spacial score (nSPS) is 11.6. The Balaban J connectivity index is 2.04.